The number of carbonyl (C=O) groups is 2. The second-order valence-electron chi connectivity index (χ2n) is 3.31. The van der Waals surface area contributed by atoms with Gasteiger partial charge in [0.25, 0.3) is 0 Å². The molecule has 16 heavy (non-hydrogen) atoms. The molecule has 2 aromatic rings. The van der Waals surface area contributed by atoms with Crippen LogP contribution in [0.2, 0.25) is 0 Å². The molecule has 0 radical (unpaired) electrons. The number of hydrogen-bond acceptors (Lipinski definition) is 3. The average Bonchev–Trinajstić information content (AvgIpc) is 2.57. The molecule has 0 fully saturated rings. The topological polar surface area (TPSA) is 74.6 Å². The van der Waals surface area contributed by atoms with Gasteiger partial charge in [0.15, 0.2) is 0 Å². The van der Waals surface area contributed by atoms with Crippen LogP contribution >= 0.6 is 11.3 Å². The Balaban J connectivity index is 2.56. The molecule has 0 unspecified atom stereocenters. The zero-order valence-corrected chi connectivity index (χ0v) is 8.95. The van der Waals surface area contributed by atoms with Gasteiger partial charge in [0, 0.05) is 15.0 Å². The Hall–Kier alpha value is -1.88. The highest BCUT2D eigenvalue weighted by Crippen LogP contribution is 2.28. The van der Waals surface area contributed by atoms with Gasteiger partial charge in [-0.25, -0.2) is 4.79 Å². The summed E-state index contributed by atoms with van der Waals surface area (Å²) >= 11 is 1.31. The molecule has 0 atom stereocenters. The molecule has 0 bridgehead atoms. The number of rotatable bonds is 3. The van der Waals surface area contributed by atoms with Gasteiger partial charge in [-0.2, -0.15) is 0 Å². The first-order chi connectivity index (χ1) is 7.58. The Morgan fingerprint density at radius 1 is 1.25 bits per heavy atom. The average molecular weight is 236 g/mol. The number of benzene rings is 1. The quantitative estimate of drug-likeness (QED) is 0.856. The number of hydrogen-bond donors (Lipinski definition) is 2. The molecule has 0 amide bonds. The Labute approximate surface area is 94.8 Å². The molecular weight excluding hydrogens is 228 g/mol. The number of carboxylic acids is 2. The van der Waals surface area contributed by atoms with Gasteiger partial charge in [-0.05, 0) is 18.2 Å². The highest BCUT2D eigenvalue weighted by molar-refractivity contribution is 7.19. The summed E-state index contributed by atoms with van der Waals surface area (Å²) in [4.78, 5) is 22.2. The van der Waals surface area contributed by atoms with Crippen molar-refractivity contribution in [1.29, 1.82) is 0 Å². The highest BCUT2D eigenvalue weighted by Gasteiger charge is 2.12. The van der Waals surface area contributed by atoms with Crippen LogP contribution in [0, 0.1) is 0 Å². The van der Waals surface area contributed by atoms with Crippen LogP contribution in [0.5, 0.6) is 0 Å². The Morgan fingerprint density at radius 3 is 2.62 bits per heavy atom. The predicted octanol–water partition coefficient (Wildman–Crippen LogP) is 2.23. The lowest BCUT2D eigenvalue weighted by Crippen LogP contribution is -1.97. The van der Waals surface area contributed by atoms with Crippen molar-refractivity contribution in [3.63, 3.8) is 0 Å². The third kappa shape index (κ3) is 1.90. The van der Waals surface area contributed by atoms with E-state index in [9.17, 15) is 9.59 Å². The molecule has 5 heteroatoms. The first kappa shape index (κ1) is 10.6. The van der Waals surface area contributed by atoms with E-state index in [0.29, 0.717) is 10.3 Å². The molecule has 1 aromatic heterocycles. The Bertz CT molecular complexity index is 570. The van der Waals surface area contributed by atoms with E-state index in [4.69, 9.17) is 10.2 Å². The molecule has 4 nitrogen and oxygen atoms in total. The van der Waals surface area contributed by atoms with Crippen LogP contribution in [0.3, 0.4) is 0 Å². The summed E-state index contributed by atoms with van der Waals surface area (Å²) in [6, 6.07) is 6.60. The third-order valence-corrected chi connectivity index (χ3v) is 3.27. The van der Waals surface area contributed by atoms with Gasteiger partial charge in [0.1, 0.15) is 0 Å². The van der Waals surface area contributed by atoms with E-state index >= 15 is 0 Å². The fourth-order valence-corrected chi connectivity index (χ4v) is 2.62. The monoisotopic (exact) mass is 236 g/mol. The van der Waals surface area contributed by atoms with E-state index in [0.717, 1.165) is 4.70 Å². The summed E-state index contributed by atoms with van der Waals surface area (Å²) in [7, 11) is 0. The van der Waals surface area contributed by atoms with E-state index in [2.05, 4.69) is 0 Å². The van der Waals surface area contributed by atoms with Crippen molar-refractivity contribution in [2.45, 2.75) is 6.42 Å². The zero-order chi connectivity index (χ0) is 11.7. The maximum atomic E-state index is 10.9. The number of carboxylic acid groups (broad SMARTS) is 2. The van der Waals surface area contributed by atoms with Gasteiger partial charge >= 0.3 is 11.9 Å². The molecule has 82 valence electrons. The summed E-state index contributed by atoms with van der Waals surface area (Å²) < 4.78 is 0.802. The molecule has 0 aliphatic rings. The van der Waals surface area contributed by atoms with Crippen molar-refractivity contribution in [3.8, 4) is 0 Å². The normalized spacial score (nSPS) is 10.5. The standard InChI is InChI=1S/C11H8O4S/c12-10(13)5-6-4-8-7(11(14)15)2-1-3-9(8)16-6/h1-4H,5H2,(H,12,13)(H,14,15). The lowest BCUT2D eigenvalue weighted by molar-refractivity contribution is -0.136. The van der Waals surface area contributed by atoms with Crippen LogP contribution in [0.25, 0.3) is 10.1 Å². The lowest BCUT2D eigenvalue weighted by atomic mass is 10.1. The predicted molar refractivity (Wildman–Crippen MR) is 60.1 cm³/mol. The van der Waals surface area contributed by atoms with E-state index in [-0.39, 0.29) is 12.0 Å². The summed E-state index contributed by atoms with van der Waals surface area (Å²) in [5.74, 6) is -1.91. The minimum Gasteiger partial charge on any atom is -0.481 e. The number of aliphatic carboxylic acids is 1. The fourth-order valence-electron chi connectivity index (χ4n) is 1.54. The molecule has 2 rings (SSSR count). The fraction of sp³-hybridized carbons (Fsp3) is 0.0909. The van der Waals surface area contributed by atoms with Gasteiger partial charge in [0.2, 0.25) is 0 Å². The first-order valence-electron chi connectivity index (χ1n) is 4.54. The van der Waals surface area contributed by atoms with Crippen molar-refractivity contribution in [3.05, 3.63) is 34.7 Å². The van der Waals surface area contributed by atoms with E-state index in [1.165, 1.54) is 17.4 Å². The van der Waals surface area contributed by atoms with E-state index in [1.54, 1.807) is 18.2 Å². The summed E-state index contributed by atoms with van der Waals surface area (Å²) in [6.07, 6.45) is -0.0710. The smallest absolute Gasteiger partial charge is 0.336 e. The second kappa shape index (κ2) is 3.94. The van der Waals surface area contributed by atoms with E-state index in [1.807, 2.05) is 0 Å². The number of aromatic carboxylic acids is 1. The van der Waals surface area contributed by atoms with Gasteiger partial charge in [0.05, 0.1) is 12.0 Å². The summed E-state index contributed by atoms with van der Waals surface area (Å²) in [5, 5.41) is 18.2. The summed E-state index contributed by atoms with van der Waals surface area (Å²) in [6.45, 7) is 0. The number of thiophene rings is 1. The van der Waals surface area contributed by atoms with Crippen LogP contribution in [-0.4, -0.2) is 22.2 Å². The zero-order valence-electron chi connectivity index (χ0n) is 8.14. The molecule has 1 aromatic carbocycles. The number of fused-ring (bicyclic) bond motifs is 1. The van der Waals surface area contributed by atoms with Crippen LogP contribution in [0.15, 0.2) is 24.3 Å². The molecular formula is C11H8O4S. The van der Waals surface area contributed by atoms with Gasteiger partial charge in [-0.15, -0.1) is 11.3 Å². The molecule has 2 N–H and O–H groups in total. The Morgan fingerprint density at radius 2 is 2.00 bits per heavy atom. The largest absolute Gasteiger partial charge is 0.481 e. The molecule has 0 saturated heterocycles. The SMILES string of the molecule is O=C(O)Cc1cc2c(C(=O)O)cccc2s1. The van der Waals surface area contributed by atoms with Gasteiger partial charge < -0.3 is 10.2 Å². The molecule has 1 heterocycles. The maximum Gasteiger partial charge on any atom is 0.336 e. The molecule has 0 aliphatic carbocycles. The van der Waals surface area contributed by atoms with Gasteiger partial charge in [-0.1, -0.05) is 6.07 Å². The lowest BCUT2D eigenvalue weighted by Gasteiger charge is -1.94. The second-order valence-corrected chi connectivity index (χ2v) is 4.47. The summed E-state index contributed by atoms with van der Waals surface area (Å²) in [5.41, 5.74) is 0.213. The van der Waals surface area contributed by atoms with Crippen molar-refractivity contribution in [2.75, 3.05) is 0 Å². The van der Waals surface area contributed by atoms with Crippen molar-refractivity contribution in [2.24, 2.45) is 0 Å². The minimum atomic E-state index is -0.995. The molecule has 0 saturated carbocycles. The van der Waals surface area contributed by atoms with Crippen LogP contribution in [0.4, 0.5) is 0 Å². The van der Waals surface area contributed by atoms with E-state index < -0.39 is 11.9 Å². The third-order valence-electron chi connectivity index (χ3n) is 2.17. The highest BCUT2D eigenvalue weighted by atomic mass is 32.1. The minimum absolute atomic E-state index is 0.0710. The molecule has 0 aliphatic heterocycles. The van der Waals surface area contributed by atoms with Crippen LogP contribution in [-0.2, 0) is 11.2 Å². The maximum absolute atomic E-state index is 10.9. The van der Waals surface area contributed by atoms with Crippen molar-refractivity contribution in [1.82, 2.24) is 0 Å². The van der Waals surface area contributed by atoms with Crippen LogP contribution in [0.1, 0.15) is 15.2 Å². The van der Waals surface area contributed by atoms with Crippen molar-refractivity contribution < 1.29 is 19.8 Å². The van der Waals surface area contributed by atoms with Gasteiger partial charge in [-0.3, -0.25) is 4.79 Å². The first-order valence-corrected chi connectivity index (χ1v) is 5.36. The van der Waals surface area contributed by atoms with Crippen LogP contribution < -0.4 is 0 Å². The van der Waals surface area contributed by atoms with Crippen molar-refractivity contribution >= 4 is 33.4 Å². The Kier molecular flexibility index (Phi) is 2.62. The molecule has 0 spiro atoms.